The maximum atomic E-state index is 12.9. The molecular weight excluding hydrogens is 437 g/mol. The van der Waals surface area contributed by atoms with Gasteiger partial charge in [-0.1, -0.05) is 6.07 Å². The van der Waals surface area contributed by atoms with Crippen LogP contribution in [0.25, 0.3) is 5.69 Å². The first kappa shape index (κ1) is 22.4. The number of nitrogens with zero attached hydrogens (tertiary/aromatic N) is 5. The van der Waals surface area contributed by atoms with Gasteiger partial charge >= 0.3 is 12.2 Å². The maximum Gasteiger partial charge on any atom is 0.416 e. The van der Waals surface area contributed by atoms with Crippen LogP contribution in [0.5, 0.6) is 5.75 Å². The maximum absolute atomic E-state index is 12.9. The first-order valence-corrected chi connectivity index (χ1v) is 10.3. The van der Waals surface area contributed by atoms with E-state index in [9.17, 15) is 18.0 Å². The summed E-state index contributed by atoms with van der Waals surface area (Å²) >= 11 is 0. The predicted octanol–water partition coefficient (Wildman–Crippen LogP) is 3.96. The molecule has 0 spiro atoms. The number of halogens is 3. The lowest BCUT2D eigenvalue weighted by Gasteiger charge is -2.36. The summed E-state index contributed by atoms with van der Waals surface area (Å²) in [5.74, 6) is 1.29. The van der Waals surface area contributed by atoms with Gasteiger partial charge in [-0.2, -0.15) is 18.3 Å². The third-order valence-corrected chi connectivity index (χ3v) is 5.39. The van der Waals surface area contributed by atoms with Crippen LogP contribution in [0.4, 0.5) is 29.3 Å². The molecule has 0 radical (unpaired) electrons. The number of carbonyl (C=O) groups excluding carboxylic acids is 1. The molecule has 0 aliphatic carbocycles. The molecule has 2 amide bonds. The van der Waals surface area contributed by atoms with Gasteiger partial charge in [0.1, 0.15) is 23.6 Å². The normalized spacial score (nSPS) is 14.3. The van der Waals surface area contributed by atoms with Crippen molar-refractivity contribution in [3.05, 3.63) is 60.2 Å². The molecule has 0 unspecified atom stereocenters. The van der Waals surface area contributed by atoms with E-state index in [4.69, 9.17) is 4.74 Å². The van der Waals surface area contributed by atoms with E-state index in [0.717, 1.165) is 23.5 Å². The molecular formula is C22H23F3N6O2. The summed E-state index contributed by atoms with van der Waals surface area (Å²) in [6, 6.07) is 9.94. The zero-order chi connectivity index (χ0) is 23.6. The second kappa shape index (κ2) is 9.00. The highest BCUT2D eigenvalue weighted by Gasteiger charge is 2.30. The van der Waals surface area contributed by atoms with Crippen LogP contribution >= 0.6 is 0 Å². The summed E-state index contributed by atoms with van der Waals surface area (Å²) in [7, 11) is 1.59. The molecule has 8 nitrogen and oxygen atoms in total. The highest BCUT2D eigenvalue weighted by molar-refractivity contribution is 5.89. The van der Waals surface area contributed by atoms with Crippen molar-refractivity contribution in [3.63, 3.8) is 0 Å². The monoisotopic (exact) mass is 460 g/mol. The highest BCUT2D eigenvalue weighted by atomic mass is 19.4. The molecule has 0 bridgehead atoms. The van der Waals surface area contributed by atoms with Gasteiger partial charge in [0.15, 0.2) is 0 Å². The third-order valence-electron chi connectivity index (χ3n) is 5.39. The lowest BCUT2D eigenvalue weighted by Crippen LogP contribution is -2.50. The average molecular weight is 460 g/mol. The Balaban J connectivity index is 1.39. The van der Waals surface area contributed by atoms with Crippen LogP contribution in [-0.2, 0) is 6.18 Å². The molecule has 0 atom stereocenters. The summed E-state index contributed by atoms with van der Waals surface area (Å²) in [6.07, 6.45) is -2.84. The number of aromatic nitrogens is 3. The Labute approximate surface area is 188 Å². The molecule has 4 rings (SSSR count). The Morgan fingerprint density at radius 3 is 2.48 bits per heavy atom. The van der Waals surface area contributed by atoms with Crippen molar-refractivity contribution in [3.8, 4) is 11.4 Å². The lowest BCUT2D eigenvalue weighted by atomic mass is 10.2. The van der Waals surface area contributed by atoms with Crippen molar-refractivity contribution >= 4 is 17.4 Å². The molecule has 174 valence electrons. The molecule has 3 aromatic rings. The molecule has 1 N–H and O–H groups in total. The number of alkyl halides is 3. The van der Waals surface area contributed by atoms with E-state index >= 15 is 0 Å². The largest absolute Gasteiger partial charge is 0.494 e. The summed E-state index contributed by atoms with van der Waals surface area (Å²) < 4.78 is 45.9. The third kappa shape index (κ3) is 5.02. The number of amides is 2. The van der Waals surface area contributed by atoms with Gasteiger partial charge < -0.3 is 19.9 Å². The average Bonchev–Trinajstić information content (AvgIpc) is 3.24. The van der Waals surface area contributed by atoms with Crippen molar-refractivity contribution in [1.29, 1.82) is 0 Å². The number of anilines is 2. The second-order valence-corrected chi connectivity index (χ2v) is 7.58. The number of hydrogen-bond donors (Lipinski definition) is 1. The number of methoxy groups -OCH3 is 1. The Morgan fingerprint density at radius 1 is 1.09 bits per heavy atom. The Kier molecular flexibility index (Phi) is 6.12. The topological polar surface area (TPSA) is 75.5 Å². The van der Waals surface area contributed by atoms with Gasteiger partial charge in [-0.25, -0.2) is 14.5 Å². The molecule has 33 heavy (non-hydrogen) atoms. The van der Waals surface area contributed by atoms with Crippen LogP contribution in [0.3, 0.4) is 0 Å². The Hall–Kier alpha value is -3.76. The number of carbonyl (C=O) groups is 1. The molecule has 1 fully saturated rings. The van der Waals surface area contributed by atoms with E-state index < -0.39 is 17.8 Å². The minimum atomic E-state index is -4.46. The second-order valence-electron chi connectivity index (χ2n) is 7.58. The molecule has 2 heterocycles. The number of ether oxygens (including phenoxy) is 1. The number of hydrogen-bond acceptors (Lipinski definition) is 5. The Bertz CT molecular complexity index is 1140. The minimum Gasteiger partial charge on any atom is -0.494 e. The van der Waals surface area contributed by atoms with Gasteiger partial charge in [0.2, 0.25) is 0 Å². The van der Waals surface area contributed by atoms with Crippen molar-refractivity contribution in [2.45, 2.75) is 13.1 Å². The number of benzene rings is 2. The molecule has 1 saturated heterocycles. The fourth-order valence-electron chi connectivity index (χ4n) is 3.66. The number of piperazine rings is 1. The van der Waals surface area contributed by atoms with Crippen LogP contribution in [0, 0.1) is 6.92 Å². The first-order valence-electron chi connectivity index (χ1n) is 10.3. The standard InChI is InChI=1S/C22H23F3N6O2/c1-15-26-14-31(28-15)19-7-6-18(13-20(19)33-2)29-8-10-30(11-9-29)21(32)27-17-5-3-4-16(12-17)22(23,24)25/h3-7,12-14H,8-11H2,1-2H3,(H,27,32). The van der Waals surface area contributed by atoms with Crippen molar-refractivity contribution in [2.75, 3.05) is 43.5 Å². The van der Waals surface area contributed by atoms with Crippen LogP contribution in [0.2, 0.25) is 0 Å². The van der Waals surface area contributed by atoms with Gasteiger partial charge in [0.25, 0.3) is 0 Å². The van der Waals surface area contributed by atoms with E-state index in [-0.39, 0.29) is 5.69 Å². The van der Waals surface area contributed by atoms with E-state index in [1.807, 2.05) is 18.2 Å². The summed E-state index contributed by atoms with van der Waals surface area (Å²) in [5.41, 5.74) is 1.01. The highest BCUT2D eigenvalue weighted by Crippen LogP contribution is 2.31. The SMILES string of the molecule is COc1cc(N2CCN(C(=O)Nc3cccc(C(F)(F)F)c3)CC2)ccc1-n1cnc(C)n1. The Morgan fingerprint density at radius 2 is 1.85 bits per heavy atom. The number of rotatable bonds is 4. The first-order chi connectivity index (χ1) is 15.7. The van der Waals surface area contributed by atoms with Gasteiger partial charge in [-0.05, 0) is 37.3 Å². The molecule has 0 saturated carbocycles. The van der Waals surface area contributed by atoms with Gasteiger partial charge in [0.05, 0.1) is 12.7 Å². The van der Waals surface area contributed by atoms with E-state index in [1.165, 1.54) is 12.1 Å². The van der Waals surface area contributed by atoms with Crippen molar-refractivity contribution in [2.24, 2.45) is 0 Å². The zero-order valence-corrected chi connectivity index (χ0v) is 18.1. The zero-order valence-electron chi connectivity index (χ0n) is 18.1. The molecule has 11 heteroatoms. The van der Waals surface area contributed by atoms with Crippen LogP contribution in [-0.4, -0.2) is 59.0 Å². The predicted molar refractivity (Wildman–Crippen MR) is 117 cm³/mol. The van der Waals surface area contributed by atoms with E-state index in [0.29, 0.717) is 37.8 Å². The van der Waals surface area contributed by atoms with Gasteiger partial charge in [-0.15, -0.1) is 0 Å². The van der Waals surface area contributed by atoms with Crippen molar-refractivity contribution in [1.82, 2.24) is 19.7 Å². The summed E-state index contributed by atoms with van der Waals surface area (Å²) in [4.78, 5) is 20.4. The number of nitrogens with one attached hydrogen (secondary N) is 1. The molecule has 1 aliphatic heterocycles. The molecule has 2 aromatic carbocycles. The van der Waals surface area contributed by atoms with Crippen LogP contribution in [0.1, 0.15) is 11.4 Å². The van der Waals surface area contributed by atoms with Crippen LogP contribution < -0.4 is 15.0 Å². The molecule has 1 aromatic heterocycles. The fourth-order valence-corrected chi connectivity index (χ4v) is 3.66. The van der Waals surface area contributed by atoms with Crippen LogP contribution in [0.15, 0.2) is 48.8 Å². The molecule has 1 aliphatic rings. The van der Waals surface area contributed by atoms with E-state index in [2.05, 4.69) is 20.3 Å². The summed E-state index contributed by atoms with van der Waals surface area (Å²) in [6.45, 7) is 3.80. The minimum absolute atomic E-state index is 0.112. The van der Waals surface area contributed by atoms with Gasteiger partial charge in [0, 0.05) is 43.6 Å². The number of aryl methyl sites for hydroxylation is 1. The smallest absolute Gasteiger partial charge is 0.416 e. The van der Waals surface area contributed by atoms with Gasteiger partial charge in [-0.3, -0.25) is 0 Å². The fraction of sp³-hybridized carbons (Fsp3) is 0.318. The number of urea groups is 1. The van der Waals surface area contributed by atoms with Crippen molar-refractivity contribution < 1.29 is 22.7 Å². The lowest BCUT2D eigenvalue weighted by molar-refractivity contribution is -0.137. The summed E-state index contributed by atoms with van der Waals surface area (Å²) in [5, 5.41) is 6.87. The van der Waals surface area contributed by atoms with E-state index in [1.54, 1.807) is 29.9 Å². The quantitative estimate of drug-likeness (QED) is 0.638.